The Hall–Kier alpha value is -3.30. The first-order chi connectivity index (χ1) is 16.1. The summed E-state index contributed by atoms with van der Waals surface area (Å²) in [5, 5.41) is 15.0. The van der Waals surface area contributed by atoms with Gasteiger partial charge >= 0.3 is 5.97 Å². The monoisotopic (exact) mass is 459 g/mol. The first kappa shape index (κ1) is 24.3. The van der Waals surface area contributed by atoms with Crippen molar-refractivity contribution in [1.29, 1.82) is 0 Å². The molecule has 1 atom stereocenters. The summed E-state index contributed by atoms with van der Waals surface area (Å²) in [4.78, 5) is 13.2. The van der Waals surface area contributed by atoms with Crippen molar-refractivity contribution in [3.05, 3.63) is 29.0 Å². The molecule has 1 aromatic heterocycles. The topological polar surface area (TPSA) is 110 Å². The second-order valence-corrected chi connectivity index (χ2v) is 7.84. The van der Waals surface area contributed by atoms with E-state index in [1.807, 2.05) is 6.07 Å². The number of unbranched alkanes of at least 4 members (excludes halogenated alkanes) is 5. The van der Waals surface area contributed by atoms with Crippen molar-refractivity contribution in [3.63, 3.8) is 0 Å². The number of carbonyl (C=O) groups is 1. The molecule has 0 saturated carbocycles. The zero-order valence-electron chi connectivity index (χ0n) is 20.0. The third kappa shape index (κ3) is 5.20. The second kappa shape index (κ2) is 11.5. The first-order valence-corrected chi connectivity index (χ1v) is 11.3. The summed E-state index contributed by atoms with van der Waals surface area (Å²) in [6, 6.07) is 2.91. The lowest BCUT2D eigenvalue weighted by atomic mass is 9.94. The molecule has 0 amide bonds. The van der Waals surface area contributed by atoms with Crippen LogP contribution in [-0.2, 0) is 9.53 Å². The quantitative estimate of drug-likeness (QED) is 0.373. The van der Waals surface area contributed by atoms with Gasteiger partial charge in [-0.2, -0.15) is 4.68 Å². The number of esters is 1. The summed E-state index contributed by atoms with van der Waals surface area (Å²) >= 11 is 0. The Morgan fingerprint density at radius 3 is 2.45 bits per heavy atom. The van der Waals surface area contributed by atoms with Crippen LogP contribution in [0.3, 0.4) is 0 Å². The zero-order chi connectivity index (χ0) is 23.8. The van der Waals surface area contributed by atoms with Gasteiger partial charge in [-0.1, -0.05) is 44.1 Å². The molecule has 10 nitrogen and oxygen atoms in total. The fourth-order valence-corrected chi connectivity index (χ4v) is 4.03. The maximum absolute atomic E-state index is 13.2. The molecule has 33 heavy (non-hydrogen) atoms. The van der Waals surface area contributed by atoms with E-state index in [0.717, 1.165) is 19.3 Å². The van der Waals surface area contributed by atoms with Gasteiger partial charge < -0.3 is 24.3 Å². The van der Waals surface area contributed by atoms with Crippen LogP contribution in [0.5, 0.6) is 17.2 Å². The van der Waals surface area contributed by atoms with Crippen molar-refractivity contribution < 1.29 is 23.7 Å². The molecular weight excluding hydrogens is 426 g/mol. The third-order valence-electron chi connectivity index (χ3n) is 5.69. The van der Waals surface area contributed by atoms with Crippen LogP contribution >= 0.6 is 0 Å². The Kier molecular flexibility index (Phi) is 8.51. The van der Waals surface area contributed by atoms with E-state index in [0.29, 0.717) is 46.6 Å². The smallest absolute Gasteiger partial charge is 0.338 e. The Morgan fingerprint density at radius 1 is 1.03 bits per heavy atom. The van der Waals surface area contributed by atoms with E-state index in [2.05, 4.69) is 27.8 Å². The molecule has 2 heterocycles. The van der Waals surface area contributed by atoms with E-state index in [-0.39, 0.29) is 0 Å². The molecule has 0 unspecified atom stereocenters. The summed E-state index contributed by atoms with van der Waals surface area (Å²) in [5.74, 6) is 1.36. The number of aromatic nitrogens is 4. The van der Waals surface area contributed by atoms with Gasteiger partial charge in [0, 0.05) is 11.3 Å². The standard InChI is InChI=1S/C23H33N5O5/c1-6-7-8-9-10-11-14-33-22(29)18-15(2)24-23-25-26-27-28(23)19(18)16-12-13-17(30-3)21(32-5)20(16)31-4/h12-13,19H,6-11,14H2,1-5H3,(H,24,25,27)/t19-/m1/s1. The summed E-state index contributed by atoms with van der Waals surface area (Å²) in [7, 11) is 4.62. The minimum atomic E-state index is -0.664. The van der Waals surface area contributed by atoms with Gasteiger partial charge in [-0.15, -0.1) is 0 Å². The minimum Gasteiger partial charge on any atom is -0.493 e. The highest BCUT2D eigenvalue weighted by Gasteiger charge is 2.37. The minimum absolute atomic E-state index is 0.361. The van der Waals surface area contributed by atoms with Gasteiger partial charge in [0.15, 0.2) is 11.5 Å². The lowest BCUT2D eigenvalue weighted by Crippen LogP contribution is -2.30. The summed E-state index contributed by atoms with van der Waals surface area (Å²) in [6.07, 6.45) is 6.66. The van der Waals surface area contributed by atoms with Gasteiger partial charge in [0.25, 0.3) is 0 Å². The fraction of sp³-hybridized carbons (Fsp3) is 0.565. The maximum Gasteiger partial charge on any atom is 0.338 e. The molecule has 0 saturated heterocycles. The van der Waals surface area contributed by atoms with E-state index >= 15 is 0 Å². The Labute approximate surface area is 194 Å². The van der Waals surface area contributed by atoms with Crippen LogP contribution in [0.25, 0.3) is 0 Å². The number of ether oxygens (including phenoxy) is 4. The van der Waals surface area contributed by atoms with Crippen molar-refractivity contribution in [2.45, 2.75) is 58.4 Å². The molecule has 0 spiro atoms. The van der Waals surface area contributed by atoms with Crippen LogP contribution in [0.2, 0.25) is 0 Å². The van der Waals surface area contributed by atoms with Gasteiger partial charge in [0.05, 0.1) is 33.5 Å². The van der Waals surface area contributed by atoms with Crippen molar-refractivity contribution in [2.24, 2.45) is 0 Å². The van der Waals surface area contributed by atoms with Crippen LogP contribution < -0.4 is 19.5 Å². The van der Waals surface area contributed by atoms with Gasteiger partial charge in [-0.3, -0.25) is 0 Å². The molecule has 0 fully saturated rings. The van der Waals surface area contributed by atoms with Crippen molar-refractivity contribution >= 4 is 11.9 Å². The number of benzene rings is 1. The predicted molar refractivity (Wildman–Crippen MR) is 123 cm³/mol. The highest BCUT2D eigenvalue weighted by Crippen LogP contribution is 2.46. The number of tetrazole rings is 1. The van der Waals surface area contributed by atoms with Gasteiger partial charge in [-0.05, 0) is 35.9 Å². The van der Waals surface area contributed by atoms with Crippen molar-refractivity contribution in [2.75, 3.05) is 33.3 Å². The number of rotatable bonds is 12. The van der Waals surface area contributed by atoms with Crippen LogP contribution in [0.4, 0.5) is 5.95 Å². The van der Waals surface area contributed by atoms with Crippen LogP contribution in [0.1, 0.15) is 64.0 Å². The normalized spacial score (nSPS) is 15.0. The predicted octanol–water partition coefficient (Wildman–Crippen LogP) is 3.89. The molecule has 1 aliphatic heterocycles. The molecule has 180 valence electrons. The number of carbonyl (C=O) groups excluding carboxylic acids is 1. The number of methoxy groups -OCH3 is 3. The highest BCUT2D eigenvalue weighted by molar-refractivity contribution is 5.92. The number of hydrogen-bond acceptors (Lipinski definition) is 9. The molecule has 0 radical (unpaired) electrons. The SMILES string of the molecule is CCCCCCCCOC(=O)C1=C(C)Nc2nnnn2[C@@H]1c1ccc(OC)c(OC)c1OC. The van der Waals surface area contributed by atoms with E-state index in [4.69, 9.17) is 18.9 Å². The van der Waals surface area contributed by atoms with Crippen molar-refractivity contribution in [1.82, 2.24) is 20.2 Å². The fourth-order valence-electron chi connectivity index (χ4n) is 4.03. The molecule has 3 rings (SSSR count). The average Bonchev–Trinajstić information content (AvgIpc) is 3.29. The Morgan fingerprint density at radius 2 is 1.76 bits per heavy atom. The van der Waals surface area contributed by atoms with Crippen LogP contribution in [0, 0.1) is 0 Å². The van der Waals surface area contributed by atoms with E-state index in [1.165, 1.54) is 38.2 Å². The van der Waals surface area contributed by atoms with Gasteiger partial charge in [0.1, 0.15) is 6.04 Å². The molecule has 10 heteroatoms. The first-order valence-electron chi connectivity index (χ1n) is 11.3. The Balaban J connectivity index is 1.90. The zero-order valence-corrected chi connectivity index (χ0v) is 20.0. The van der Waals surface area contributed by atoms with Crippen LogP contribution in [-0.4, -0.2) is 54.1 Å². The molecule has 0 bridgehead atoms. The molecule has 1 aliphatic rings. The lowest BCUT2D eigenvalue weighted by molar-refractivity contribution is -0.139. The van der Waals surface area contributed by atoms with Gasteiger partial charge in [-0.25, -0.2) is 4.79 Å². The number of fused-ring (bicyclic) bond motifs is 1. The van der Waals surface area contributed by atoms with E-state index in [9.17, 15) is 4.79 Å². The molecule has 1 N–H and O–H groups in total. The van der Waals surface area contributed by atoms with E-state index < -0.39 is 12.0 Å². The third-order valence-corrected chi connectivity index (χ3v) is 5.69. The Bertz CT molecular complexity index is 988. The summed E-state index contributed by atoms with van der Waals surface area (Å²) in [6.45, 7) is 4.36. The molecular formula is C23H33N5O5. The summed E-state index contributed by atoms with van der Waals surface area (Å²) in [5.41, 5.74) is 1.68. The van der Waals surface area contributed by atoms with Gasteiger partial charge in [0.2, 0.25) is 11.7 Å². The number of nitrogens with one attached hydrogen (secondary N) is 1. The molecule has 0 aliphatic carbocycles. The average molecular weight is 460 g/mol. The number of nitrogens with zero attached hydrogens (tertiary/aromatic N) is 4. The number of anilines is 1. The maximum atomic E-state index is 13.2. The van der Waals surface area contributed by atoms with Crippen molar-refractivity contribution in [3.8, 4) is 17.2 Å². The second-order valence-electron chi connectivity index (χ2n) is 7.84. The molecule has 1 aromatic carbocycles. The highest BCUT2D eigenvalue weighted by atomic mass is 16.5. The molecule has 2 aromatic rings. The number of allylic oxidation sites excluding steroid dienone is 1. The summed E-state index contributed by atoms with van der Waals surface area (Å²) < 4.78 is 23.8. The van der Waals surface area contributed by atoms with Crippen LogP contribution in [0.15, 0.2) is 23.4 Å². The van der Waals surface area contributed by atoms with E-state index in [1.54, 1.807) is 20.1 Å². The number of hydrogen-bond donors (Lipinski definition) is 1. The largest absolute Gasteiger partial charge is 0.493 e. The lowest BCUT2D eigenvalue weighted by Gasteiger charge is -2.29.